The van der Waals surface area contributed by atoms with Crippen molar-refractivity contribution in [2.75, 3.05) is 13.2 Å². The lowest BCUT2D eigenvalue weighted by atomic mass is 9.88. The summed E-state index contributed by atoms with van der Waals surface area (Å²) in [5.74, 6) is 0. The van der Waals surface area contributed by atoms with Crippen LogP contribution >= 0.6 is 0 Å². The van der Waals surface area contributed by atoms with Crippen molar-refractivity contribution in [1.29, 1.82) is 5.26 Å². The van der Waals surface area contributed by atoms with E-state index < -0.39 is 0 Å². The Bertz CT molecular complexity index is 493. The Balaban J connectivity index is 2.04. The summed E-state index contributed by atoms with van der Waals surface area (Å²) in [5.41, 5.74) is 2.53. The average molecular weight is 273 g/mol. The van der Waals surface area contributed by atoms with Crippen LogP contribution in [0, 0.1) is 11.3 Å². The first-order valence-electron chi connectivity index (χ1n) is 7.21. The van der Waals surface area contributed by atoms with Crippen LogP contribution in [-0.2, 0) is 16.7 Å². The second-order valence-electron chi connectivity index (χ2n) is 6.37. The van der Waals surface area contributed by atoms with Gasteiger partial charge in [-0.15, -0.1) is 0 Å². The van der Waals surface area contributed by atoms with E-state index in [4.69, 9.17) is 4.74 Å². The smallest absolute Gasteiger partial charge is 0.101 e. The second kappa shape index (κ2) is 6.34. The Kier molecular flexibility index (Phi) is 4.74. The molecule has 1 aromatic rings. The molecular weight excluding hydrogens is 250 g/mol. The molecule has 1 aromatic heterocycles. The Labute approximate surface area is 121 Å². The van der Waals surface area contributed by atoms with Gasteiger partial charge in [0, 0.05) is 37.4 Å². The molecule has 0 radical (unpaired) electrons. The van der Waals surface area contributed by atoms with Crippen molar-refractivity contribution in [1.82, 2.24) is 10.3 Å². The van der Waals surface area contributed by atoms with E-state index in [2.05, 4.69) is 37.1 Å². The van der Waals surface area contributed by atoms with E-state index in [1.807, 2.05) is 12.3 Å². The lowest BCUT2D eigenvalue weighted by Gasteiger charge is -2.23. The fourth-order valence-electron chi connectivity index (χ4n) is 2.45. The van der Waals surface area contributed by atoms with Crippen LogP contribution in [0.25, 0.3) is 0 Å². The Morgan fingerprint density at radius 1 is 1.40 bits per heavy atom. The van der Waals surface area contributed by atoms with Crippen LogP contribution < -0.4 is 5.32 Å². The van der Waals surface area contributed by atoms with Gasteiger partial charge >= 0.3 is 0 Å². The first-order chi connectivity index (χ1) is 9.50. The molecule has 1 aliphatic rings. The van der Waals surface area contributed by atoms with Gasteiger partial charge in [-0.25, -0.2) is 0 Å². The van der Waals surface area contributed by atoms with Gasteiger partial charge in [-0.3, -0.25) is 4.98 Å². The van der Waals surface area contributed by atoms with Crippen LogP contribution in [0.2, 0.25) is 0 Å². The first-order valence-corrected chi connectivity index (χ1v) is 7.21. The number of nitriles is 1. The van der Waals surface area contributed by atoms with Crippen molar-refractivity contribution in [2.45, 2.75) is 51.6 Å². The third-order valence-electron chi connectivity index (χ3n) is 3.59. The van der Waals surface area contributed by atoms with Crippen molar-refractivity contribution in [2.24, 2.45) is 0 Å². The predicted molar refractivity (Wildman–Crippen MR) is 78.3 cm³/mol. The lowest BCUT2D eigenvalue weighted by molar-refractivity contribution is 0.0776. The van der Waals surface area contributed by atoms with E-state index in [-0.39, 0.29) is 5.41 Å². The van der Waals surface area contributed by atoms with Crippen LogP contribution in [0.4, 0.5) is 0 Å². The van der Waals surface area contributed by atoms with Gasteiger partial charge in [0.05, 0.1) is 11.3 Å². The zero-order valence-corrected chi connectivity index (χ0v) is 12.6. The van der Waals surface area contributed by atoms with Crippen LogP contribution in [0.3, 0.4) is 0 Å². The minimum Gasteiger partial charge on any atom is -0.381 e. The topological polar surface area (TPSA) is 57.9 Å². The highest BCUT2D eigenvalue weighted by molar-refractivity contribution is 5.39. The maximum Gasteiger partial charge on any atom is 0.101 e. The van der Waals surface area contributed by atoms with Crippen LogP contribution in [0.15, 0.2) is 12.3 Å². The summed E-state index contributed by atoms with van der Waals surface area (Å²) in [6.45, 7) is 8.67. The summed E-state index contributed by atoms with van der Waals surface area (Å²) < 4.78 is 5.35. The van der Waals surface area contributed by atoms with Crippen molar-refractivity contribution in [3.8, 4) is 6.07 Å². The zero-order valence-electron chi connectivity index (χ0n) is 12.6. The quantitative estimate of drug-likeness (QED) is 0.919. The van der Waals surface area contributed by atoms with Crippen molar-refractivity contribution >= 4 is 0 Å². The number of nitrogens with one attached hydrogen (secondary N) is 1. The SMILES string of the molecule is CC(C)(C)c1ncc(CNC2CCOCC2)cc1C#N. The van der Waals surface area contributed by atoms with E-state index >= 15 is 0 Å². The molecule has 1 aliphatic heterocycles. The molecule has 20 heavy (non-hydrogen) atoms. The van der Waals surface area contributed by atoms with E-state index in [9.17, 15) is 5.26 Å². The van der Waals surface area contributed by atoms with Gasteiger partial charge in [-0.2, -0.15) is 5.26 Å². The Hall–Kier alpha value is -1.44. The fourth-order valence-corrected chi connectivity index (χ4v) is 2.45. The number of ether oxygens (including phenoxy) is 1. The molecular formula is C16H23N3O. The molecule has 108 valence electrons. The van der Waals surface area contributed by atoms with E-state index in [0.29, 0.717) is 11.6 Å². The minimum atomic E-state index is -0.0995. The van der Waals surface area contributed by atoms with Gasteiger partial charge in [-0.1, -0.05) is 20.8 Å². The predicted octanol–water partition coefficient (Wildman–Crippen LogP) is 2.52. The molecule has 0 atom stereocenters. The highest BCUT2D eigenvalue weighted by Gasteiger charge is 2.20. The molecule has 0 aromatic carbocycles. The molecule has 0 amide bonds. The van der Waals surface area contributed by atoms with Gasteiger partial charge < -0.3 is 10.1 Å². The largest absolute Gasteiger partial charge is 0.381 e. The van der Waals surface area contributed by atoms with Gasteiger partial charge in [0.2, 0.25) is 0 Å². The summed E-state index contributed by atoms with van der Waals surface area (Å²) in [6, 6.07) is 4.74. The molecule has 1 N–H and O–H groups in total. The molecule has 0 spiro atoms. The normalized spacial score (nSPS) is 16.9. The molecule has 0 aliphatic carbocycles. The maximum atomic E-state index is 9.30. The van der Waals surface area contributed by atoms with Crippen LogP contribution in [0.1, 0.15) is 50.4 Å². The standard InChI is InChI=1S/C16H23N3O/c1-16(2,3)15-13(9-17)8-12(11-19-15)10-18-14-4-6-20-7-5-14/h8,11,14,18H,4-7,10H2,1-3H3. The van der Waals surface area contributed by atoms with Gasteiger partial charge in [0.15, 0.2) is 0 Å². The molecule has 4 heteroatoms. The Morgan fingerprint density at radius 3 is 2.70 bits per heavy atom. The number of hydrogen-bond donors (Lipinski definition) is 1. The fraction of sp³-hybridized carbons (Fsp3) is 0.625. The summed E-state index contributed by atoms with van der Waals surface area (Å²) >= 11 is 0. The summed E-state index contributed by atoms with van der Waals surface area (Å²) in [5, 5.41) is 12.8. The second-order valence-corrected chi connectivity index (χ2v) is 6.37. The number of pyridine rings is 1. The number of hydrogen-bond acceptors (Lipinski definition) is 4. The molecule has 0 bridgehead atoms. The van der Waals surface area contributed by atoms with E-state index in [1.54, 1.807) is 0 Å². The molecule has 0 saturated carbocycles. The van der Waals surface area contributed by atoms with Gasteiger partial charge in [0.25, 0.3) is 0 Å². The van der Waals surface area contributed by atoms with E-state index in [1.165, 1.54) is 0 Å². The average Bonchev–Trinajstić information content (AvgIpc) is 2.45. The molecule has 2 heterocycles. The molecule has 0 unspecified atom stereocenters. The lowest BCUT2D eigenvalue weighted by Crippen LogP contribution is -2.34. The zero-order chi connectivity index (χ0) is 14.6. The third kappa shape index (κ3) is 3.78. The highest BCUT2D eigenvalue weighted by atomic mass is 16.5. The van der Waals surface area contributed by atoms with Crippen LogP contribution in [0.5, 0.6) is 0 Å². The van der Waals surface area contributed by atoms with Crippen molar-refractivity contribution in [3.63, 3.8) is 0 Å². The van der Waals surface area contributed by atoms with Gasteiger partial charge in [-0.05, 0) is 24.5 Å². The third-order valence-corrected chi connectivity index (χ3v) is 3.59. The minimum absolute atomic E-state index is 0.0995. The molecule has 1 fully saturated rings. The van der Waals surface area contributed by atoms with Crippen molar-refractivity contribution in [3.05, 3.63) is 29.1 Å². The maximum absolute atomic E-state index is 9.30. The Morgan fingerprint density at radius 2 is 2.10 bits per heavy atom. The summed E-state index contributed by atoms with van der Waals surface area (Å²) in [7, 11) is 0. The summed E-state index contributed by atoms with van der Waals surface area (Å²) in [4.78, 5) is 4.50. The number of aromatic nitrogens is 1. The number of nitrogens with zero attached hydrogens (tertiary/aromatic N) is 2. The highest BCUT2D eigenvalue weighted by Crippen LogP contribution is 2.23. The van der Waals surface area contributed by atoms with Crippen molar-refractivity contribution < 1.29 is 4.74 Å². The number of rotatable bonds is 3. The molecule has 1 saturated heterocycles. The summed E-state index contributed by atoms with van der Waals surface area (Å²) in [6.07, 6.45) is 3.99. The van der Waals surface area contributed by atoms with Crippen LogP contribution in [-0.4, -0.2) is 24.2 Å². The monoisotopic (exact) mass is 273 g/mol. The molecule has 4 nitrogen and oxygen atoms in total. The van der Waals surface area contributed by atoms with Gasteiger partial charge in [0.1, 0.15) is 6.07 Å². The molecule has 2 rings (SSSR count). The first kappa shape index (κ1) is 15.0. The van der Waals surface area contributed by atoms with E-state index in [0.717, 1.165) is 43.9 Å².